The van der Waals surface area contributed by atoms with Crippen LogP contribution in [-0.2, 0) is 20.7 Å². The van der Waals surface area contributed by atoms with Crippen LogP contribution in [0.3, 0.4) is 0 Å². The van der Waals surface area contributed by atoms with Crippen molar-refractivity contribution in [1.82, 2.24) is 0 Å². The molecule has 0 aliphatic rings. The second kappa shape index (κ2) is 4.74. The maximum atomic E-state index is 12.9. The van der Waals surface area contributed by atoms with Gasteiger partial charge in [-0.2, -0.15) is 16.8 Å². The molecule has 11 heteroatoms. The van der Waals surface area contributed by atoms with Gasteiger partial charge in [0.2, 0.25) is 0 Å². The summed E-state index contributed by atoms with van der Waals surface area (Å²) >= 11 is 0. The second-order valence-electron chi connectivity index (χ2n) is 3.31. The Bertz CT molecular complexity index is 737. The van der Waals surface area contributed by atoms with Crippen molar-refractivity contribution < 1.29 is 38.7 Å². The Kier molecular flexibility index (Phi) is 3.82. The van der Waals surface area contributed by atoms with Crippen molar-refractivity contribution in [2.75, 3.05) is 0 Å². The molecule has 1 aromatic rings. The summed E-state index contributed by atoms with van der Waals surface area (Å²) in [6.45, 7) is 0.990. The average Bonchev–Trinajstić information content (AvgIpc) is 2.16. The summed E-state index contributed by atoms with van der Waals surface area (Å²) in [5, 5.41) is 8.76. The van der Waals surface area contributed by atoms with E-state index >= 15 is 0 Å². The fraction of sp³-hybridized carbons (Fsp3) is 0.125. The van der Waals surface area contributed by atoms with Gasteiger partial charge in [-0.3, -0.25) is 0 Å². The molecule has 0 unspecified atom stereocenters. The molecule has 0 saturated carbocycles. The van der Waals surface area contributed by atoms with Crippen LogP contribution in [0.4, 0.5) is 7.77 Å². The largest absolute Gasteiger partial charge is 0.488 e. The van der Waals surface area contributed by atoms with Crippen molar-refractivity contribution in [3.8, 4) is 5.75 Å². The Hall–Kier alpha value is -1.75. The van der Waals surface area contributed by atoms with Gasteiger partial charge in [0.1, 0.15) is 10.6 Å². The highest BCUT2D eigenvalue weighted by molar-refractivity contribution is 7.86. The molecular formula is C8H6F2O7S2. The normalized spacial score (nSPS) is 12.2. The number of carboxylic acids is 1. The van der Waals surface area contributed by atoms with E-state index in [0.717, 1.165) is 6.92 Å². The van der Waals surface area contributed by atoms with Crippen LogP contribution >= 0.6 is 0 Å². The van der Waals surface area contributed by atoms with Gasteiger partial charge < -0.3 is 9.29 Å². The molecule has 0 heterocycles. The average molecular weight is 316 g/mol. The zero-order chi connectivity index (χ0) is 15.0. The Labute approximate surface area is 107 Å². The van der Waals surface area contributed by atoms with Crippen molar-refractivity contribution in [3.05, 3.63) is 23.3 Å². The SMILES string of the molecule is Cc1c(C(=O)O)cc(OS(=O)(=O)F)cc1S(=O)(=O)F. The van der Waals surface area contributed by atoms with E-state index in [1.807, 2.05) is 0 Å². The number of carbonyl (C=O) groups is 1. The van der Waals surface area contributed by atoms with Crippen molar-refractivity contribution >= 4 is 26.7 Å². The monoisotopic (exact) mass is 316 g/mol. The molecule has 0 aromatic heterocycles. The molecule has 1 N–H and O–H groups in total. The lowest BCUT2D eigenvalue weighted by Crippen LogP contribution is -2.08. The van der Waals surface area contributed by atoms with Crippen LogP contribution in [0.25, 0.3) is 0 Å². The van der Waals surface area contributed by atoms with Gasteiger partial charge in [0.05, 0.1) is 5.56 Å². The molecule has 0 aliphatic heterocycles. The maximum absolute atomic E-state index is 12.9. The van der Waals surface area contributed by atoms with Crippen LogP contribution in [0, 0.1) is 6.92 Å². The molecule has 1 aromatic carbocycles. The number of hydrogen-bond donors (Lipinski definition) is 1. The van der Waals surface area contributed by atoms with Gasteiger partial charge in [0.15, 0.2) is 0 Å². The molecule has 0 aliphatic carbocycles. The molecule has 1 rings (SSSR count). The number of rotatable bonds is 4. The minimum absolute atomic E-state index is 0.369. The van der Waals surface area contributed by atoms with Gasteiger partial charge >= 0.3 is 26.7 Å². The maximum Gasteiger partial charge on any atom is 0.488 e. The number of halogens is 2. The summed E-state index contributed by atoms with van der Waals surface area (Å²) in [4.78, 5) is 9.68. The number of hydrogen-bond acceptors (Lipinski definition) is 6. The van der Waals surface area contributed by atoms with Gasteiger partial charge in [-0.15, -0.1) is 3.89 Å². The van der Waals surface area contributed by atoms with Gasteiger partial charge in [-0.05, 0) is 18.6 Å². The Morgan fingerprint density at radius 3 is 2.11 bits per heavy atom. The summed E-state index contributed by atoms with van der Waals surface area (Å²) < 4.78 is 71.0. The van der Waals surface area contributed by atoms with Crippen LogP contribution in [-0.4, -0.2) is 27.9 Å². The van der Waals surface area contributed by atoms with Gasteiger partial charge in [0, 0.05) is 6.07 Å². The molecule has 0 amide bonds. The third kappa shape index (κ3) is 3.86. The van der Waals surface area contributed by atoms with E-state index in [0.29, 0.717) is 12.1 Å². The van der Waals surface area contributed by atoms with E-state index in [-0.39, 0.29) is 0 Å². The highest BCUT2D eigenvalue weighted by Crippen LogP contribution is 2.28. The molecular weight excluding hydrogens is 310 g/mol. The first-order valence-corrected chi connectivity index (χ1v) is 7.07. The third-order valence-corrected chi connectivity index (χ3v) is 3.36. The zero-order valence-corrected chi connectivity index (χ0v) is 10.8. The lowest BCUT2D eigenvalue weighted by molar-refractivity contribution is 0.0695. The summed E-state index contributed by atoms with van der Waals surface area (Å²) in [7, 11) is -10.8. The topological polar surface area (TPSA) is 115 Å². The lowest BCUT2D eigenvalue weighted by Gasteiger charge is -2.08. The van der Waals surface area contributed by atoms with E-state index in [4.69, 9.17) is 5.11 Å². The van der Waals surface area contributed by atoms with Gasteiger partial charge in [-0.25, -0.2) is 4.79 Å². The third-order valence-electron chi connectivity index (χ3n) is 2.02. The summed E-state index contributed by atoms with van der Waals surface area (Å²) in [6, 6.07) is 0.928. The summed E-state index contributed by atoms with van der Waals surface area (Å²) in [5.41, 5.74) is -1.21. The fourth-order valence-corrected chi connectivity index (χ4v) is 2.36. The number of aromatic carboxylic acids is 1. The summed E-state index contributed by atoms with van der Waals surface area (Å²) in [5.74, 6) is -2.63. The fourth-order valence-electron chi connectivity index (χ4n) is 1.30. The van der Waals surface area contributed by atoms with Crippen molar-refractivity contribution in [2.24, 2.45) is 0 Å². The van der Waals surface area contributed by atoms with Gasteiger partial charge in [0.25, 0.3) is 0 Å². The van der Waals surface area contributed by atoms with Crippen LogP contribution < -0.4 is 4.18 Å². The molecule has 106 valence electrons. The summed E-state index contributed by atoms with van der Waals surface area (Å²) in [6.07, 6.45) is 0. The number of carboxylic acid groups (broad SMARTS) is 1. The first-order chi connectivity index (χ1) is 8.42. The molecule has 7 nitrogen and oxygen atoms in total. The zero-order valence-electron chi connectivity index (χ0n) is 9.12. The minimum Gasteiger partial charge on any atom is -0.478 e. The van der Waals surface area contributed by atoms with Crippen LogP contribution in [0.1, 0.15) is 15.9 Å². The Morgan fingerprint density at radius 2 is 1.74 bits per heavy atom. The Balaban J connectivity index is 3.63. The standard InChI is InChI=1S/C8H6F2O7S2/c1-4-6(8(11)12)2-5(17-19(10,15)16)3-7(4)18(9,13)14/h2-3H,1H3,(H,11,12). The first kappa shape index (κ1) is 15.3. The minimum atomic E-state index is -5.50. The van der Waals surface area contributed by atoms with Crippen molar-refractivity contribution in [1.29, 1.82) is 0 Å². The highest BCUT2D eigenvalue weighted by atomic mass is 32.3. The Morgan fingerprint density at radius 1 is 1.21 bits per heavy atom. The van der Waals surface area contributed by atoms with Crippen molar-refractivity contribution in [3.63, 3.8) is 0 Å². The molecule has 0 saturated heterocycles. The van der Waals surface area contributed by atoms with E-state index in [9.17, 15) is 29.4 Å². The van der Waals surface area contributed by atoms with E-state index in [1.165, 1.54) is 0 Å². The van der Waals surface area contributed by atoms with E-state index < -0.39 is 48.5 Å². The molecule has 0 fully saturated rings. The number of benzene rings is 1. The second-order valence-corrected chi connectivity index (χ2v) is 5.58. The highest BCUT2D eigenvalue weighted by Gasteiger charge is 2.24. The molecule has 0 bridgehead atoms. The molecule has 19 heavy (non-hydrogen) atoms. The smallest absolute Gasteiger partial charge is 0.478 e. The lowest BCUT2D eigenvalue weighted by atomic mass is 10.1. The van der Waals surface area contributed by atoms with Crippen LogP contribution in [0.15, 0.2) is 17.0 Å². The van der Waals surface area contributed by atoms with Gasteiger partial charge in [-0.1, -0.05) is 3.89 Å². The first-order valence-electron chi connectivity index (χ1n) is 4.38. The molecule has 0 radical (unpaired) electrons. The predicted molar refractivity (Wildman–Crippen MR) is 57.1 cm³/mol. The quantitative estimate of drug-likeness (QED) is 0.822. The van der Waals surface area contributed by atoms with Crippen LogP contribution in [0.5, 0.6) is 5.75 Å². The molecule has 0 atom stereocenters. The molecule has 0 spiro atoms. The van der Waals surface area contributed by atoms with E-state index in [1.54, 1.807) is 0 Å². The van der Waals surface area contributed by atoms with Crippen LogP contribution in [0.2, 0.25) is 0 Å². The van der Waals surface area contributed by atoms with E-state index in [2.05, 4.69) is 4.18 Å². The van der Waals surface area contributed by atoms with Crippen molar-refractivity contribution in [2.45, 2.75) is 11.8 Å². The predicted octanol–water partition coefficient (Wildman–Crippen LogP) is 0.945.